The molecule has 5 rings (SSSR count). The number of para-hydroxylation sites is 3. The lowest BCUT2D eigenvalue weighted by molar-refractivity contribution is 0.0205. The SMILES string of the molecule is O[C@H](COCc1ccccc1)Cn1c(Cc2nc3ccccc3s2)nc2ccccc21. The van der Waals surface area contributed by atoms with Crippen molar-refractivity contribution < 1.29 is 9.84 Å². The minimum Gasteiger partial charge on any atom is -0.389 e. The average Bonchev–Trinajstić information content (AvgIpc) is 3.35. The Morgan fingerprint density at radius 1 is 0.871 bits per heavy atom. The Bertz CT molecular complexity index is 1260. The summed E-state index contributed by atoms with van der Waals surface area (Å²) in [5.74, 6) is 0.905. The highest BCUT2D eigenvalue weighted by atomic mass is 32.1. The van der Waals surface area contributed by atoms with E-state index in [2.05, 4.69) is 10.6 Å². The molecule has 0 radical (unpaired) electrons. The fraction of sp³-hybridized carbons (Fsp3) is 0.200. The molecule has 0 saturated carbocycles. The fourth-order valence-corrected chi connectivity index (χ4v) is 4.71. The number of aliphatic hydroxyl groups excluding tert-OH is 1. The van der Waals surface area contributed by atoms with Gasteiger partial charge >= 0.3 is 0 Å². The van der Waals surface area contributed by atoms with Crippen LogP contribution in [0.5, 0.6) is 0 Å². The number of fused-ring (bicyclic) bond motifs is 2. The molecule has 0 bridgehead atoms. The number of hydrogen-bond acceptors (Lipinski definition) is 5. The lowest BCUT2D eigenvalue weighted by Gasteiger charge is -2.15. The molecule has 1 N–H and O–H groups in total. The van der Waals surface area contributed by atoms with E-state index in [-0.39, 0.29) is 6.61 Å². The molecule has 3 aromatic carbocycles. The molecule has 0 fully saturated rings. The Kier molecular flexibility index (Phi) is 5.76. The monoisotopic (exact) mass is 429 g/mol. The number of rotatable bonds is 8. The van der Waals surface area contributed by atoms with Gasteiger partial charge in [0.05, 0.1) is 53.5 Å². The first kappa shape index (κ1) is 19.9. The zero-order valence-electron chi connectivity index (χ0n) is 17.0. The van der Waals surface area contributed by atoms with Crippen LogP contribution in [-0.2, 0) is 24.3 Å². The molecule has 156 valence electrons. The summed E-state index contributed by atoms with van der Waals surface area (Å²) in [6.07, 6.45) is 0.00135. The molecule has 31 heavy (non-hydrogen) atoms. The van der Waals surface area contributed by atoms with E-state index in [9.17, 15) is 5.11 Å². The normalized spacial score (nSPS) is 12.5. The van der Waals surface area contributed by atoms with E-state index in [4.69, 9.17) is 14.7 Å². The van der Waals surface area contributed by atoms with E-state index >= 15 is 0 Å². The minimum absolute atomic E-state index is 0.266. The van der Waals surface area contributed by atoms with Crippen molar-refractivity contribution in [3.05, 3.63) is 95.3 Å². The van der Waals surface area contributed by atoms with Crippen LogP contribution in [0.3, 0.4) is 0 Å². The highest BCUT2D eigenvalue weighted by Crippen LogP contribution is 2.25. The zero-order valence-corrected chi connectivity index (χ0v) is 17.8. The summed E-state index contributed by atoms with van der Waals surface area (Å²) in [5.41, 5.74) is 4.05. The van der Waals surface area contributed by atoms with E-state index in [1.807, 2.05) is 72.8 Å². The molecule has 0 unspecified atom stereocenters. The second-order valence-corrected chi connectivity index (χ2v) is 8.65. The number of thiazole rings is 1. The highest BCUT2D eigenvalue weighted by Gasteiger charge is 2.16. The van der Waals surface area contributed by atoms with Gasteiger partial charge in [-0.2, -0.15) is 0 Å². The van der Waals surface area contributed by atoms with Gasteiger partial charge in [-0.3, -0.25) is 0 Å². The number of nitrogens with zero attached hydrogens (tertiary/aromatic N) is 3. The van der Waals surface area contributed by atoms with E-state index < -0.39 is 6.10 Å². The van der Waals surface area contributed by atoms with Crippen LogP contribution in [-0.4, -0.2) is 32.4 Å². The number of aliphatic hydroxyl groups is 1. The molecule has 2 heterocycles. The lowest BCUT2D eigenvalue weighted by atomic mass is 10.2. The van der Waals surface area contributed by atoms with Crippen LogP contribution < -0.4 is 0 Å². The van der Waals surface area contributed by atoms with E-state index in [0.29, 0.717) is 19.6 Å². The van der Waals surface area contributed by atoms with Gasteiger partial charge in [0.25, 0.3) is 0 Å². The molecule has 6 heteroatoms. The van der Waals surface area contributed by atoms with Gasteiger partial charge in [0.15, 0.2) is 0 Å². The number of hydrogen-bond donors (Lipinski definition) is 1. The predicted molar refractivity (Wildman–Crippen MR) is 124 cm³/mol. The van der Waals surface area contributed by atoms with Crippen molar-refractivity contribution in [3.63, 3.8) is 0 Å². The van der Waals surface area contributed by atoms with Crippen molar-refractivity contribution in [1.82, 2.24) is 14.5 Å². The van der Waals surface area contributed by atoms with E-state index in [0.717, 1.165) is 32.9 Å². The van der Waals surface area contributed by atoms with E-state index in [1.54, 1.807) is 11.3 Å². The summed E-state index contributed by atoms with van der Waals surface area (Å²) in [4.78, 5) is 9.60. The van der Waals surface area contributed by atoms with Crippen LogP contribution in [0.15, 0.2) is 78.9 Å². The average molecular weight is 430 g/mol. The molecule has 0 amide bonds. The molecular weight excluding hydrogens is 406 g/mol. The zero-order chi connectivity index (χ0) is 21.0. The van der Waals surface area contributed by atoms with Gasteiger partial charge in [0.1, 0.15) is 10.8 Å². The van der Waals surface area contributed by atoms with Crippen LogP contribution in [0.1, 0.15) is 16.4 Å². The molecule has 0 spiro atoms. The summed E-state index contributed by atoms with van der Waals surface area (Å²) in [7, 11) is 0. The molecular formula is C25H23N3O2S. The van der Waals surface area contributed by atoms with Gasteiger partial charge in [0.2, 0.25) is 0 Å². The molecule has 0 aliphatic carbocycles. The molecule has 0 aliphatic rings. The van der Waals surface area contributed by atoms with Crippen molar-refractivity contribution in [3.8, 4) is 0 Å². The summed E-state index contributed by atoms with van der Waals surface area (Å²) < 4.78 is 9.02. The number of aromatic nitrogens is 3. The minimum atomic E-state index is -0.629. The van der Waals surface area contributed by atoms with Gasteiger partial charge in [-0.15, -0.1) is 11.3 Å². The smallest absolute Gasteiger partial charge is 0.116 e. The third-order valence-electron chi connectivity index (χ3n) is 5.20. The first-order chi connectivity index (χ1) is 15.3. The fourth-order valence-electron chi connectivity index (χ4n) is 3.75. The van der Waals surface area contributed by atoms with Crippen molar-refractivity contribution >= 4 is 32.6 Å². The van der Waals surface area contributed by atoms with Crippen molar-refractivity contribution in [1.29, 1.82) is 0 Å². The first-order valence-electron chi connectivity index (χ1n) is 10.3. The number of benzene rings is 3. The summed E-state index contributed by atoms with van der Waals surface area (Å²) in [5, 5.41) is 11.7. The lowest BCUT2D eigenvalue weighted by Crippen LogP contribution is -2.23. The second-order valence-electron chi connectivity index (χ2n) is 7.53. The Morgan fingerprint density at radius 2 is 1.61 bits per heavy atom. The topological polar surface area (TPSA) is 60.2 Å². The quantitative estimate of drug-likeness (QED) is 0.384. The van der Waals surface area contributed by atoms with E-state index in [1.165, 1.54) is 4.70 Å². The highest BCUT2D eigenvalue weighted by molar-refractivity contribution is 7.18. The molecule has 0 saturated heterocycles. The van der Waals surface area contributed by atoms with Crippen LogP contribution in [0.2, 0.25) is 0 Å². The van der Waals surface area contributed by atoms with Crippen LogP contribution >= 0.6 is 11.3 Å². The van der Waals surface area contributed by atoms with Crippen LogP contribution in [0, 0.1) is 0 Å². The predicted octanol–water partition coefficient (Wildman–Crippen LogP) is 4.81. The third kappa shape index (κ3) is 4.51. The Hall–Kier alpha value is -3.06. The van der Waals surface area contributed by atoms with Gasteiger partial charge in [-0.05, 0) is 29.8 Å². The molecule has 1 atom stereocenters. The number of imidazole rings is 1. The van der Waals surface area contributed by atoms with Gasteiger partial charge in [-0.25, -0.2) is 9.97 Å². The summed E-state index contributed by atoms with van der Waals surface area (Å²) in [6, 6.07) is 26.2. The maximum atomic E-state index is 10.7. The molecule has 2 aromatic heterocycles. The van der Waals surface area contributed by atoms with Gasteiger partial charge in [0, 0.05) is 0 Å². The molecule has 0 aliphatic heterocycles. The maximum absolute atomic E-state index is 10.7. The summed E-state index contributed by atoms with van der Waals surface area (Å²) in [6.45, 7) is 1.18. The first-order valence-corrected chi connectivity index (χ1v) is 11.2. The van der Waals surface area contributed by atoms with Crippen LogP contribution in [0.4, 0.5) is 0 Å². The van der Waals surface area contributed by atoms with Crippen molar-refractivity contribution in [2.75, 3.05) is 6.61 Å². The third-order valence-corrected chi connectivity index (χ3v) is 6.23. The summed E-state index contributed by atoms with van der Waals surface area (Å²) >= 11 is 1.69. The maximum Gasteiger partial charge on any atom is 0.116 e. The van der Waals surface area contributed by atoms with Gasteiger partial charge in [-0.1, -0.05) is 54.6 Å². The molecule has 5 aromatic rings. The standard InChI is InChI=1S/C25H23N3O2S/c29-19(17-30-16-18-8-2-1-3-9-18)15-28-22-12-6-4-10-20(22)26-24(28)14-25-27-21-11-5-7-13-23(21)31-25/h1-13,19,29H,14-17H2/t19-/m0/s1. The Balaban J connectivity index is 1.34. The Labute approximate surface area is 184 Å². The largest absolute Gasteiger partial charge is 0.389 e. The Morgan fingerprint density at radius 3 is 2.45 bits per heavy atom. The van der Waals surface area contributed by atoms with Crippen molar-refractivity contribution in [2.45, 2.75) is 25.7 Å². The number of ether oxygens (including phenoxy) is 1. The molecule has 5 nitrogen and oxygen atoms in total. The van der Waals surface area contributed by atoms with Gasteiger partial charge < -0.3 is 14.4 Å². The second kappa shape index (κ2) is 8.98. The van der Waals surface area contributed by atoms with Crippen molar-refractivity contribution in [2.24, 2.45) is 0 Å². The van der Waals surface area contributed by atoms with Crippen LogP contribution in [0.25, 0.3) is 21.3 Å².